The molecule has 0 bridgehead atoms. The van der Waals surface area contributed by atoms with Crippen LogP contribution in [0.4, 0.5) is 11.5 Å². The van der Waals surface area contributed by atoms with E-state index in [0.717, 1.165) is 5.69 Å². The van der Waals surface area contributed by atoms with Crippen LogP contribution < -0.4 is 16.6 Å². The van der Waals surface area contributed by atoms with Gasteiger partial charge >= 0.3 is 0 Å². The Morgan fingerprint density at radius 3 is 2.47 bits per heavy atom. The number of hydrogen-bond acceptors (Lipinski definition) is 5. The van der Waals surface area contributed by atoms with Crippen LogP contribution in [-0.4, -0.2) is 15.9 Å². The monoisotopic (exact) mass is 229 g/mol. The number of hydrazine groups is 1. The molecule has 0 saturated heterocycles. The van der Waals surface area contributed by atoms with E-state index in [-0.39, 0.29) is 5.69 Å². The summed E-state index contributed by atoms with van der Waals surface area (Å²) in [5, 5.41) is 0. The largest absolute Gasteiger partial charge is 0.364 e. The van der Waals surface area contributed by atoms with Gasteiger partial charge < -0.3 is 5.73 Å². The van der Waals surface area contributed by atoms with Crippen molar-refractivity contribution < 1.29 is 4.79 Å². The highest BCUT2D eigenvalue weighted by Crippen LogP contribution is 2.09. The molecule has 86 valence electrons. The molecule has 6 heteroatoms. The lowest BCUT2D eigenvalue weighted by Gasteiger charge is -2.10. The predicted molar refractivity (Wildman–Crippen MR) is 64.2 cm³/mol. The van der Waals surface area contributed by atoms with Crippen LogP contribution in [-0.2, 0) is 0 Å². The van der Waals surface area contributed by atoms with E-state index >= 15 is 0 Å². The minimum atomic E-state index is -0.629. The lowest BCUT2D eigenvalue weighted by molar-refractivity contribution is 0.0996. The van der Waals surface area contributed by atoms with Gasteiger partial charge in [0.25, 0.3) is 5.91 Å². The fourth-order valence-corrected chi connectivity index (χ4v) is 1.26. The standard InChI is InChI=1S/C11H11N5O/c12-10(17)9-11(14-7-6-13-9)16-15-8-4-2-1-3-5-8/h1-7,15H,(H2,12,17)(H,14,16). The highest BCUT2D eigenvalue weighted by Gasteiger charge is 2.09. The Labute approximate surface area is 97.9 Å². The summed E-state index contributed by atoms with van der Waals surface area (Å²) in [6.45, 7) is 0. The number of carbonyl (C=O) groups is 1. The van der Waals surface area contributed by atoms with Crippen LogP contribution in [0.15, 0.2) is 42.7 Å². The number of nitrogens with one attached hydrogen (secondary N) is 2. The van der Waals surface area contributed by atoms with Crippen molar-refractivity contribution >= 4 is 17.4 Å². The van der Waals surface area contributed by atoms with E-state index in [1.807, 2.05) is 30.3 Å². The van der Waals surface area contributed by atoms with E-state index in [9.17, 15) is 4.79 Å². The Morgan fingerprint density at radius 1 is 1.06 bits per heavy atom. The van der Waals surface area contributed by atoms with Crippen LogP contribution in [0.25, 0.3) is 0 Å². The molecule has 2 rings (SSSR count). The second-order valence-electron chi connectivity index (χ2n) is 3.23. The summed E-state index contributed by atoms with van der Waals surface area (Å²) in [5.41, 5.74) is 11.8. The molecule has 0 radical (unpaired) electrons. The van der Waals surface area contributed by atoms with E-state index in [1.54, 1.807) is 0 Å². The number of benzene rings is 1. The van der Waals surface area contributed by atoms with Crippen molar-refractivity contribution in [3.8, 4) is 0 Å². The van der Waals surface area contributed by atoms with Crippen LogP contribution in [0.2, 0.25) is 0 Å². The summed E-state index contributed by atoms with van der Waals surface area (Å²) in [7, 11) is 0. The third kappa shape index (κ3) is 2.69. The zero-order chi connectivity index (χ0) is 12.1. The third-order valence-electron chi connectivity index (χ3n) is 2.03. The zero-order valence-corrected chi connectivity index (χ0v) is 8.92. The van der Waals surface area contributed by atoms with Crippen molar-refractivity contribution in [2.75, 3.05) is 10.9 Å². The van der Waals surface area contributed by atoms with Crippen molar-refractivity contribution in [1.29, 1.82) is 0 Å². The van der Waals surface area contributed by atoms with E-state index in [4.69, 9.17) is 5.73 Å². The van der Waals surface area contributed by atoms with Gasteiger partial charge in [0.15, 0.2) is 11.5 Å². The average molecular weight is 229 g/mol. The number of carbonyl (C=O) groups excluding carboxylic acids is 1. The number of anilines is 2. The van der Waals surface area contributed by atoms with Gasteiger partial charge in [0.1, 0.15) is 0 Å². The molecule has 0 atom stereocenters. The molecule has 0 fully saturated rings. The van der Waals surface area contributed by atoms with Gasteiger partial charge in [-0.2, -0.15) is 0 Å². The van der Waals surface area contributed by atoms with E-state index in [0.29, 0.717) is 5.82 Å². The molecule has 4 N–H and O–H groups in total. The predicted octanol–water partition coefficient (Wildman–Crippen LogP) is 1.01. The van der Waals surface area contributed by atoms with Crippen LogP contribution in [0.5, 0.6) is 0 Å². The maximum atomic E-state index is 11.1. The number of aromatic nitrogens is 2. The first kappa shape index (κ1) is 10.9. The van der Waals surface area contributed by atoms with Gasteiger partial charge in [-0.25, -0.2) is 9.97 Å². The van der Waals surface area contributed by atoms with Crippen molar-refractivity contribution in [3.63, 3.8) is 0 Å². The Balaban J connectivity index is 2.12. The average Bonchev–Trinajstić information content (AvgIpc) is 2.38. The molecule has 2 aromatic rings. The van der Waals surface area contributed by atoms with Crippen LogP contribution in [0, 0.1) is 0 Å². The second-order valence-corrected chi connectivity index (χ2v) is 3.23. The summed E-state index contributed by atoms with van der Waals surface area (Å²) >= 11 is 0. The van der Waals surface area contributed by atoms with Crippen molar-refractivity contribution in [3.05, 3.63) is 48.4 Å². The van der Waals surface area contributed by atoms with Gasteiger partial charge in [0.2, 0.25) is 0 Å². The second kappa shape index (κ2) is 4.93. The first-order chi connectivity index (χ1) is 8.27. The maximum absolute atomic E-state index is 11.1. The summed E-state index contributed by atoms with van der Waals surface area (Å²) in [4.78, 5) is 18.9. The molecule has 1 aromatic heterocycles. The lowest BCUT2D eigenvalue weighted by Crippen LogP contribution is -2.19. The van der Waals surface area contributed by atoms with Crippen molar-refractivity contribution in [2.45, 2.75) is 0 Å². The number of primary amides is 1. The number of nitrogens with zero attached hydrogens (tertiary/aromatic N) is 2. The Morgan fingerprint density at radius 2 is 1.76 bits per heavy atom. The molecule has 17 heavy (non-hydrogen) atoms. The van der Waals surface area contributed by atoms with Crippen molar-refractivity contribution in [1.82, 2.24) is 9.97 Å². The lowest BCUT2D eigenvalue weighted by atomic mass is 10.3. The number of nitrogens with two attached hydrogens (primary N) is 1. The quantitative estimate of drug-likeness (QED) is 0.680. The topological polar surface area (TPSA) is 92.9 Å². The molecule has 1 aromatic carbocycles. The summed E-state index contributed by atoms with van der Waals surface area (Å²) in [6, 6.07) is 9.41. The number of para-hydroxylation sites is 1. The van der Waals surface area contributed by atoms with E-state index in [1.165, 1.54) is 12.4 Å². The SMILES string of the molecule is NC(=O)c1nccnc1NNc1ccccc1. The molecular formula is C11H11N5O. The van der Waals surface area contributed by atoms with Gasteiger partial charge in [-0.3, -0.25) is 15.6 Å². The Hall–Kier alpha value is -2.63. The maximum Gasteiger partial charge on any atom is 0.271 e. The molecule has 0 spiro atoms. The first-order valence-corrected chi connectivity index (χ1v) is 4.95. The van der Waals surface area contributed by atoms with Gasteiger partial charge in [-0.15, -0.1) is 0 Å². The van der Waals surface area contributed by atoms with Crippen LogP contribution >= 0.6 is 0 Å². The molecule has 1 amide bonds. The smallest absolute Gasteiger partial charge is 0.271 e. The normalized spacial score (nSPS) is 9.65. The summed E-state index contributed by atoms with van der Waals surface area (Å²) in [6.07, 6.45) is 2.88. The fourth-order valence-electron chi connectivity index (χ4n) is 1.26. The van der Waals surface area contributed by atoms with Gasteiger partial charge in [-0.1, -0.05) is 18.2 Å². The van der Waals surface area contributed by atoms with Crippen LogP contribution in [0.3, 0.4) is 0 Å². The molecule has 0 saturated carbocycles. The molecule has 0 unspecified atom stereocenters. The fraction of sp³-hybridized carbons (Fsp3) is 0. The first-order valence-electron chi connectivity index (χ1n) is 4.95. The number of rotatable bonds is 4. The zero-order valence-electron chi connectivity index (χ0n) is 8.92. The highest BCUT2D eigenvalue weighted by molar-refractivity contribution is 5.95. The third-order valence-corrected chi connectivity index (χ3v) is 2.03. The molecular weight excluding hydrogens is 218 g/mol. The van der Waals surface area contributed by atoms with E-state index in [2.05, 4.69) is 20.8 Å². The molecule has 6 nitrogen and oxygen atoms in total. The molecule has 0 aliphatic carbocycles. The highest BCUT2D eigenvalue weighted by atomic mass is 16.1. The van der Waals surface area contributed by atoms with E-state index < -0.39 is 5.91 Å². The number of amides is 1. The van der Waals surface area contributed by atoms with Gasteiger partial charge in [0.05, 0.1) is 5.69 Å². The minimum absolute atomic E-state index is 0.0935. The Kier molecular flexibility index (Phi) is 3.15. The number of hydrogen-bond donors (Lipinski definition) is 3. The molecule has 1 heterocycles. The van der Waals surface area contributed by atoms with Gasteiger partial charge in [-0.05, 0) is 12.1 Å². The summed E-state index contributed by atoms with van der Waals surface area (Å²) in [5.74, 6) is -0.334. The molecule has 0 aliphatic rings. The summed E-state index contributed by atoms with van der Waals surface area (Å²) < 4.78 is 0. The van der Waals surface area contributed by atoms with Crippen LogP contribution in [0.1, 0.15) is 10.5 Å². The Bertz CT molecular complexity index is 514. The van der Waals surface area contributed by atoms with Crippen molar-refractivity contribution in [2.24, 2.45) is 5.73 Å². The molecule has 0 aliphatic heterocycles. The van der Waals surface area contributed by atoms with Gasteiger partial charge in [0, 0.05) is 12.4 Å². The minimum Gasteiger partial charge on any atom is -0.364 e.